The molecule has 1 atom stereocenters. The van der Waals surface area contributed by atoms with E-state index in [2.05, 4.69) is 24.1 Å². The molecule has 0 radical (unpaired) electrons. The zero-order valence-electron chi connectivity index (χ0n) is 11.9. The SMILES string of the molecule is CCCNCC(COC)N(CC)C1CCCC1. The highest BCUT2D eigenvalue weighted by atomic mass is 16.5. The van der Waals surface area contributed by atoms with E-state index in [4.69, 9.17) is 4.74 Å². The number of methoxy groups -OCH3 is 1. The van der Waals surface area contributed by atoms with E-state index in [1.54, 1.807) is 0 Å². The number of nitrogens with zero attached hydrogens (tertiary/aromatic N) is 1. The van der Waals surface area contributed by atoms with Crippen molar-refractivity contribution in [3.05, 3.63) is 0 Å². The minimum Gasteiger partial charge on any atom is -0.383 e. The number of hydrogen-bond acceptors (Lipinski definition) is 3. The van der Waals surface area contributed by atoms with Crippen LogP contribution in [0, 0.1) is 0 Å². The molecule has 3 nitrogen and oxygen atoms in total. The third kappa shape index (κ3) is 4.94. The van der Waals surface area contributed by atoms with Crippen molar-refractivity contribution in [1.29, 1.82) is 0 Å². The maximum atomic E-state index is 5.40. The quantitative estimate of drug-likeness (QED) is 0.628. The fraction of sp³-hybridized carbons (Fsp3) is 1.00. The largest absolute Gasteiger partial charge is 0.383 e. The van der Waals surface area contributed by atoms with E-state index < -0.39 is 0 Å². The summed E-state index contributed by atoms with van der Waals surface area (Å²) >= 11 is 0. The average Bonchev–Trinajstić information content (AvgIpc) is 2.84. The van der Waals surface area contributed by atoms with E-state index in [0.717, 1.165) is 32.3 Å². The standard InChI is InChI=1S/C14H30N2O/c1-4-10-15-11-14(12-17-3)16(5-2)13-8-6-7-9-13/h13-15H,4-12H2,1-3H3. The Kier molecular flexibility index (Phi) is 7.82. The van der Waals surface area contributed by atoms with E-state index in [-0.39, 0.29) is 0 Å². The van der Waals surface area contributed by atoms with Gasteiger partial charge in [-0.15, -0.1) is 0 Å². The summed E-state index contributed by atoms with van der Waals surface area (Å²) in [5.41, 5.74) is 0. The van der Waals surface area contributed by atoms with Gasteiger partial charge in [-0.3, -0.25) is 4.90 Å². The van der Waals surface area contributed by atoms with Gasteiger partial charge in [0, 0.05) is 25.7 Å². The highest BCUT2D eigenvalue weighted by Crippen LogP contribution is 2.24. The normalized spacial score (nSPS) is 19.1. The van der Waals surface area contributed by atoms with Crippen LogP contribution in [0.5, 0.6) is 0 Å². The number of likely N-dealkylation sites (N-methyl/N-ethyl adjacent to an activating group) is 1. The van der Waals surface area contributed by atoms with Gasteiger partial charge in [0.15, 0.2) is 0 Å². The minimum atomic E-state index is 0.541. The van der Waals surface area contributed by atoms with Crippen molar-refractivity contribution in [2.24, 2.45) is 0 Å². The highest BCUT2D eigenvalue weighted by Gasteiger charge is 2.27. The van der Waals surface area contributed by atoms with Crippen LogP contribution in [0.2, 0.25) is 0 Å². The molecule has 1 rings (SSSR count). The van der Waals surface area contributed by atoms with Gasteiger partial charge in [-0.25, -0.2) is 0 Å². The third-order valence-corrected chi connectivity index (χ3v) is 3.79. The highest BCUT2D eigenvalue weighted by molar-refractivity contribution is 4.83. The van der Waals surface area contributed by atoms with Crippen LogP contribution in [0.25, 0.3) is 0 Å². The molecule has 17 heavy (non-hydrogen) atoms. The molecule has 0 aromatic heterocycles. The molecule has 1 N–H and O–H groups in total. The second-order valence-corrected chi connectivity index (χ2v) is 5.08. The lowest BCUT2D eigenvalue weighted by molar-refractivity contribution is 0.0652. The molecule has 1 aliphatic rings. The Morgan fingerprint density at radius 2 is 2.00 bits per heavy atom. The molecule has 1 fully saturated rings. The van der Waals surface area contributed by atoms with Gasteiger partial charge in [-0.1, -0.05) is 26.7 Å². The summed E-state index contributed by atoms with van der Waals surface area (Å²) in [4.78, 5) is 2.65. The maximum Gasteiger partial charge on any atom is 0.0630 e. The second-order valence-electron chi connectivity index (χ2n) is 5.08. The number of ether oxygens (including phenoxy) is 1. The maximum absolute atomic E-state index is 5.40. The molecule has 1 unspecified atom stereocenters. The molecule has 3 heteroatoms. The Hall–Kier alpha value is -0.120. The number of hydrogen-bond donors (Lipinski definition) is 1. The van der Waals surface area contributed by atoms with Gasteiger partial charge in [0.25, 0.3) is 0 Å². The molecule has 0 amide bonds. The Morgan fingerprint density at radius 1 is 1.29 bits per heavy atom. The zero-order valence-corrected chi connectivity index (χ0v) is 11.9. The predicted molar refractivity (Wildman–Crippen MR) is 73.5 cm³/mol. The fourth-order valence-electron chi connectivity index (χ4n) is 2.96. The van der Waals surface area contributed by atoms with Gasteiger partial charge in [-0.05, 0) is 32.4 Å². The first-order valence-electron chi connectivity index (χ1n) is 7.28. The van der Waals surface area contributed by atoms with Crippen molar-refractivity contribution in [1.82, 2.24) is 10.2 Å². The van der Waals surface area contributed by atoms with Crippen molar-refractivity contribution in [3.8, 4) is 0 Å². The van der Waals surface area contributed by atoms with Gasteiger partial charge in [0.2, 0.25) is 0 Å². The summed E-state index contributed by atoms with van der Waals surface area (Å²) in [6, 6.07) is 1.34. The molecule has 102 valence electrons. The molecule has 0 aromatic rings. The topological polar surface area (TPSA) is 24.5 Å². The van der Waals surface area contributed by atoms with Crippen molar-refractivity contribution in [3.63, 3.8) is 0 Å². The third-order valence-electron chi connectivity index (χ3n) is 3.79. The molecule has 0 spiro atoms. The van der Waals surface area contributed by atoms with Crippen LogP contribution in [0.15, 0.2) is 0 Å². The van der Waals surface area contributed by atoms with Crippen LogP contribution >= 0.6 is 0 Å². The van der Waals surface area contributed by atoms with E-state index in [9.17, 15) is 0 Å². The Bertz CT molecular complexity index is 181. The van der Waals surface area contributed by atoms with E-state index >= 15 is 0 Å². The first-order valence-corrected chi connectivity index (χ1v) is 7.28. The summed E-state index contributed by atoms with van der Waals surface area (Å²) in [5.74, 6) is 0. The van der Waals surface area contributed by atoms with Crippen LogP contribution in [0.3, 0.4) is 0 Å². The van der Waals surface area contributed by atoms with Crippen LogP contribution < -0.4 is 5.32 Å². The predicted octanol–water partition coefficient (Wildman–Crippen LogP) is 2.27. The molecule has 1 saturated carbocycles. The molecule has 0 aromatic carbocycles. The van der Waals surface area contributed by atoms with Gasteiger partial charge in [0.05, 0.1) is 6.61 Å². The Labute approximate surface area is 107 Å². The van der Waals surface area contributed by atoms with E-state index in [0.29, 0.717) is 6.04 Å². The Morgan fingerprint density at radius 3 is 2.53 bits per heavy atom. The van der Waals surface area contributed by atoms with Gasteiger partial charge in [-0.2, -0.15) is 0 Å². The fourth-order valence-corrected chi connectivity index (χ4v) is 2.96. The summed E-state index contributed by atoms with van der Waals surface area (Å²) in [5, 5.41) is 3.54. The smallest absolute Gasteiger partial charge is 0.0630 e. The van der Waals surface area contributed by atoms with Gasteiger partial charge in [0.1, 0.15) is 0 Å². The van der Waals surface area contributed by atoms with Crippen molar-refractivity contribution >= 4 is 0 Å². The van der Waals surface area contributed by atoms with E-state index in [1.165, 1.54) is 32.1 Å². The first kappa shape index (κ1) is 14.9. The molecular weight excluding hydrogens is 212 g/mol. The molecule has 0 heterocycles. The molecular formula is C14H30N2O. The molecule has 0 aliphatic heterocycles. The van der Waals surface area contributed by atoms with Crippen LogP contribution in [-0.2, 0) is 4.74 Å². The number of rotatable bonds is 9. The van der Waals surface area contributed by atoms with E-state index in [1.807, 2.05) is 7.11 Å². The monoisotopic (exact) mass is 242 g/mol. The second kappa shape index (κ2) is 8.90. The van der Waals surface area contributed by atoms with Gasteiger partial charge < -0.3 is 10.1 Å². The van der Waals surface area contributed by atoms with Crippen LogP contribution in [-0.4, -0.2) is 50.3 Å². The molecule has 0 saturated heterocycles. The summed E-state index contributed by atoms with van der Waals surface area (Å²) in [7, 11) is 1.81. The molecule has 0 bridgehead atoms. The lowest BCUT2D eigenvalue weighted by atomic mass is 10.1. The average molecular weight is 242 g/mol. The van der Waals surface area contributed by atoms with Crippen molar-refractivity contribution < 1.29 is 4.74 Å². The van der Waals surface area contributed by atoms with Crippen molar-refractivity contribution in [2.75, 3.05) is 33.4 Å². The first-order chi connectivity index (χ1) is 8.33. The van der Waals surface area contributed by atoms with Crippen LogP contribution in [0.4, 0.5) is 0 Å². The molecule has 1 aliphatic carbocycles. The van der Waals surface area contributed by atoms with Crippen molar-refractivity contribution in [2.45, 2.75) is 58.0 Å². The summed E-state index contributed by atoms with van der Waals surface area (Å²) in [6.07, 6.45) is 6.77. The number of nitrogens with one attached hydrogen (secondary N) is 1. The lowest BCUT2D eigenvalue weighted by Crippen LogP contribution is -2.49. The summed E-state index contributed by atoms with van der Waals surface area (Å²) < 4.78 is 5.40. The van der Waals surface area contributed by atoms with Gasteiger partial charge >= 0.3 is 0 Å². The summed E-state index contributed by atoms with van der Waals surface area (Å²) in [6.45, 7) is 8.66. The Balaban J connectivity index is 2.45. The minimum absolute atomic E-state index is 0.541. The zero-order chi connectivity index (χ0) is 12.5. The lowest BCUT2D eigenvalue weighted by Gasteiger charge is -2.35. The van der Waals surface area contributed by atoms with Crippen LogP contribution in [0.1, 0.15) is 46.0 Å².